The molecular formula is C21H22F2N4O5. The number of benzene rings is 1. The zero-order valence-corrected chi connectivity index (χ0v) is 17.3. The quantitative estimate of drug-likeness (QED) is 0.749. The van der Waals surface area contributed by atoms with Crippen LogP contribution in [0.4, 0.5) is 19.4 Å². The second-order valence-corrected chi connectivity index (χ2v) is 8.38. The molecule has 2 atom stereocenters. The van der Waals surface area contributed by atoms with Gasteiger partial charge in [0.15, 0.2) is 11.4 Å². The number of ether oxygens (including phenoxy) is 3. The minimum atomic E-state index is -2.82. The van der Waals surface area contributed by atoms with Crippen molar-refractivity contribution < 1.29 is 32.6 Å². The van der Waals surface area contributed by atoms with Gasteiger partial charge in [0, 0.05) is 12.1 Å². The van der Waals surface area contributed by atoms with E-state index in [-0.39, 0.29) is 30.9 Å². The number of alkyl halides is 2. The summed E-state index contributed by atoms with van der Waals surface area (Å²) < 4.78 is 45.9. The van der Waals surface area contributed by atoms with Crippen LogP contribution in [0.3, 0.4) is 0 Å². The molecule has 9 nitrogen and oxygen atoms in total. The van der Waals surface area contributed by atoms with E-state index in [0.717, 1.165) is 10.5 Å². The van der Waals surface area contributed by atoms with Crippen LogP contribution < -0.4 is 15.4 Å². The standard InChI is InChI=1S/C21H22F2N4O5/c1-11(18(24)28)6-12-2-3-13-14(7-12)31-5-4-26-8-15(25-19(13)26)27-16(17(22)23)21(9-30-10-21)32-20(27)29/h2-3,7-8,11,16-17H,4-6,9-10H2,1H3,(H2,24,28)/t11-,16-/m1/s1. The Kier molecular flexibility index (Phi) is 4.81. The highest BCUT2D eigenvalue weighted by Crippen LogP contribution is 2.42. The lowest BCUT2D eigenvalue weighted by Crippen LogP contribution is -2.61. The summed E-state index contributed by atoms with van der Waals surface area (Å²) in [6.07, 6.45) is -1.66. The second kappa shape index (κ2) is 7.44. The molecule has 0 radical (unpaired) electrons. The Bertz CT molecular complexity index is 1080. The molecule has 3 aliphatic rings. The predicted octanol–water partition coefficient (Wildman–Crippen LogP) is 1.97. The first-order valence-electron chi connectivity index (χ1n) is 10.3. The fourth-order valence-corrected chi connectivity index (χ4v) is 4.35. The summed E-state index contributed by atoms with van der Waals surface area (Å²) in [5, 5.41) is 0. The molecule has 1 aromatic carbocycles. The number of primary amides is 1. The summed E-state index contributed by atoms with van der Waals surface area (Å²) in [6, 6.07) is 4.00. The van der Waals surface area contributed by atoms with Gasteiger partial charge in [-0.25, -0.2) is 23.5 Å². The topological polar surface area (TPSA) is 109 Å². The smallest absolute Gasteiger partial charge is 0.416 e. The molecule has 0 saturated carbocycles. The first-order chi connectivity index (χ1) is 15.3. The zero-order valence-electron chi connectivity index (χ0n) is 17.3. The Morgan fingerprint density at radius 3 is 2.81 bits per heavy atom. The molecule has 0 aliphatic carbocycles. The van der Waals surface area contributed by atoms with Crippen molar-refractivity contribution >= 4 is 17.8 Å². The van der Waals surface area contributed by atoms with Gasteiger partial charge in [-0.05, 0) is 24.1 Å². The van der Waals surface area contributed by atoms with Gasteiger partial charge in [0.2, 0.25) is 5.91 Å². The van der Waals surface area contributed by atoms with Crippen molar-refractivity contribution in [1.82, 2.24) is 9.55 Å². The number of hydrogen-bond acceptors (Lipinski definition) is 6. The van der Waals surface area contributed by atoms with Crippen molar-refractivity contribution in [3.63, 3.8) is 0 Å². The first-order valence-corrected chi connectivity index (χ1v) is 10.3. The Labute approximate surface area is 182 Å². The molecule has 1 aromatic heterocycles. The van der Waals surface area contributed by atoms with Crippen molar-refractivity contribution in [2.75, 3.05) is 24.7 Å². The van der Waals surface area contributed by atoms with E-state index in [2.05, 4.69) is 4.98 Å². The van der Waals surface area contributed by atoms with E-state index in [4.69, 9.17) is 19.9 Å². The molecule has 4 heterocycles. The SMILES string of the molecule is C[C@H](Cc1ccc2c(c1)OCCn1cc(N3C(=O)OC4(COC4)[C@H]3C(F)F)nc1-2)C(N)=O. The fraction of sp³-hybridized carbons (Fsp3) is 0.476. The van der Waals surface area contributed by atoms with Crippen LogP contribution >= 0.6 is 0 Å². The van der Waals surface area contributed by atoms with Gasteiger partial charge in [0.05, 0.1) is 25.3 Å². The van der Waals surface area contributed by atoms with Gasteiger partial charge in [-0.15, -0.1) is 0 Å². The summed E-state index contributed by atoms with van der Waals surface area (Å²) >= 11 is 0. The maximum atomic E-state index is 13.9. The Morgan fingerprint density at radius 1 is 1.38 bits per heavy atom. The van der Waals surface area contributed by atoms with Crippen molar-refractivity contribution in [2.45, 2.75) is 38.0 Å². The number of carbonyl (C=O) groups is 2. The number of nitrogens with two attached hydrogens (primary N) is 1. The summed E-state index contributed by atoms with van der Waals surface area (Å²) in [6.45, 7) is 2.36. The van der Waals surface area contributed by atoms with Crippen LogP contribution in [0, 0.1) is 5.92 Å². The predicted molar refractivity (Wildman–Crippen MR) is 108 cm³/mol. The number of amides is 2. The normalized spacial score (nSPS) is 21.9. The van der Waals surface area contributed by atoms with Gasteiger partial charge in [0.1, 0.15) is 24.2 Å². The number of rotatable bonds is 5. The highest BCUT2D eigenvalue weighted by atomic mass is 19.3. The lowest BCUT2D eigenvalue weighted by Gasteiger charge is -2.40. The largest absolute Gasteiger partial charge is 0.491 e. The second-order valence-electron chi connectivity index (χ2n) is 8.38. The number of anilines is 1. The third kappa shape index (κ3) is 3.19. The third-order valence-electron chi connectivity index (χ3n) is 6.15. The highest BCUT2D eigenvalue weighted by molar-refractivity contribution is 5.91. The van der Waals surface area contributed by atoms with Crippen LogP contribution in [-0.2, 0) is 27.2 Å². The average molecular weight is 448 g/mol. The number of fused-ring (bicyclic) bond motifs is 3. The lowest BCUT2D eigenvalue weighted by atomic mass is 9.92. The number of halogens is 2. The van der Waals surface area contributed by atoms with Gasteiger partial charge in [-0.3, -0.25) is 4.79 Å². The monoisotopic (exact) mass is 448 g/mol. The molecule has 11 heteroatoms. The molecule has 0 bridgehead atoms. The molecule has 5 rings (SSSR count). The fourth-order valence-electron chi connectivity index (χ4n) is 4.35. The molecule has 2 N–H and O–H groups in total. The summed E-state index contributed by atoms with van der Waals surface area (Å²) in [5.74, 6) is 0.435. The van der Waals surface area contributed by atoms with E-state index < -0.39 is 24.2 Å². The summed E-state index contributed by atoms with van der Waals surface area (Å²) in [5.41, 5.74) is 5.55. The molecule has 170 valence electrons. The van der Waals surface area contributed by atoms with Crippen LogP contribution in [-0.4, -0.2) is 59.4 Å². The van der Waals surface area contributed by atoms with Crippen LogP contribution in [0.25, 0.3) is 11.4 Å². The number of hydrogen-bond donors (Lipinski definition) is 1. The molecule has 1 spiro atoms. The molecule has 3 aliphatic heterocycles. The summed E-state index contributed by atoms with van der Waals surface area (Å²) in [4.78, 5) is 29.4. The van der Waals surface area contributed by atoms with Crippen molar-refractivity contribution in [3.05, 3.63) is 30.0 Å². The van der Waals surface area contributed by atoms with Gasteiger partial charge < -0.3 is 24.5 Å². The number of carbonyl (C=O) groups excluding carboxylic acids is 2. The van der Waals surface area contributed by atoms with E-state index in [1.165, 1.54) is 0 Å². The van der Waals surface area contributed by atoms with Gasteiger partial charge in [-0.1, -0.05) is 13.0 Å². The maximum Gasteiger partial charge on any atom is 0.416 e. The molecule has 2 aromatic rings. The summed E-state index contributed by atoms with van der Waals surface area (Å²) in [7, 11) is 0. The van der Waals surface area contributed by atoms with Gasteiger partial charge in [-0.2, -0.15) is 0 Å². The van der Waals surface area contributed by atoms with Crippen molar-refractivity contribution in [1.29, 1.82) is 0 Å². The lowest BCUT2D eigenvalue weighted by molar-refractivity contribution is -0.184. The Morgan fingerprint density at radius 2 is 2.16 bits per heavy atom. The third-order valence-corrected chi connectivity index (χ3v) is 6.15. The number of nitrogens with zero attached hydrogens (tertiary/aromatic N) is 3. The average Bonchev–Trinajstić information content (AvgIpc) is 3.21. The molecule has 2 amide bonds. The van der Waals surface area contributed by atoms with Crippen LogP contribution in [0.2, 0.25) is 0 Å². The van der Waals surface area contributed by atoms with Crippen LogP contribution in [0.5, 0.6) is 5.75 Å². The molecule has 0 unspecified atom stereocenters. The van der Waals surface area contributed by atoms with Gasteiger partial charge in [0.25, 0.3) is 6.43 Å². The van der Waals surface area contributed by atoms with E-state index in [1.54, 1.807) is 23.8 Å². The zero-order chi connectivity index (χ0) is 22.6. The Hall–Kier alpha value is -3.21. The molecule has 32 heavy (non-hydrogen) atoms. The highest BCUT2D eigenvalue weighted by Gasteiger charge is 2.63. The first kappa shape index (κ1) is 20.7. The molecule has 2 fully saturated rings. The molecular weight excluding hydrogens is 426 g/mol. The van der Waals surface area contributed by atoms with Crippen molar-refractivity contribution in [3.8, 4) is 17.1 Å². The van der Waals surface area contributed by atoms with Crippen molar-refractivity contribution in [2.24, 2.45) is 11.7 Å². The maximum absolute atomic E-state index is 13.9. The van der Waals surface area contributed by atoms with Gasteiger partial charge >= 0.3 is 6.09 Å². The minimum Gasteiger partial charge on any atom is -0.491 e. The van der Waals surface area contributed by atoms with E-state index in [1.807, 2.05) is 12.1 Å². The van der Waals surface area contributed by atoms with E-state index in [0.29, 0.717) is 36.7 Å². The Balaban J connectivity index is 1.50. The van der Waals surface area contributed by atoms with Crippen LogP contribution in [0.15, 0.2) is 24.4 Å². The van der Waals surface area contributed by atoms with Crippen LogP contribution in [0.1, 0.15) is 12.5 Å². The number of imidazole rings is 1. The molecule has 2 saturated heterocycles. The van der Waals surface area contributed by atoms with E-state index in [9.17, 15) is 18.4 Å². The minimum absolute atomic E-state index is 0.0685. The van der Waals surface area contributed by atoms with E-state index >= 15 is 0 Å². The number of aromatic nitrogens is 2.